The Hall–Kier alpha value is -3.37. The van der Waals surface area contributed by atoms with Gasteiger partial charge in [0.05, 0.1) is 0 Å². The Balaban J connectivity index is 0.000000269. The van der Waals surface area contributed by atoms with Gasteiger partial charge in [-0.05, 0) is 53.5 Å². The molecule has 0 spiro atoms. The number of aliphatic hydroxyl groups is 1. The molecule has 0 atom stereocenters. The summed E-state index contributed by atoms with van der Waals surface area (Å²) >= 11 is 1.85. The van der Waals surface area contributed by atoms with E-state index in [2.05, 4.69) is 93.6 Å². The zero-order chi connectivity index (χ0) is 33.4. The number of rotatable bonds is 7. The number of thiophene rings is 1. The number of pyridine rings is 1. The van der Waals surface area contributed by atoms with Crippen molar-refractivity contribution in [2.24, 2.45) is 10.8 Å². The number of fused-ring (bicyclic) bond motifs is 6. The van der Waals surface area contributed by atoms with Gasteiger partial charge in [-0.15, -0.1) is 40.5 Å². The van der Waals surface area contributed by atoms with Crippen LogP contribution in [0.2, 0.25) is 0 Å². The van der Waals surface area contributed by atoms with Crippen LogP contribution < -0.4 is 0 Å². The topological polar surface area (TPSA) is 50.2 Å². The average Bonchev–Trinajstić information content (AvgIpc) is 3.44. The maximum absolute atomic E-state index is 11.8. The van der Waals surface area contributed by atoms with Gasteiger partial charge in [0.1, 0.15) is 5.76 Å². The molecule has 247 valence electrons. The average molecular weight is 821 g/mol. The number of carbonyl (C=O) groups excluding carboxylic acids is 1. The number of aliphatic hydroxyl groups excluding tert-OH is 1. The van der Waals surface area contributed by atoms with Crippen molar-refractivity contribution in [3.63, 3.8) is 0 Å². The molecule has 4 aromatic carbocycles. The van der Waals surface area contributed by atoms with Gasteiger partial charge >= 0.3 is 0 Å². The van der Waals surface area contributed by atoms with E-state index in [1.165, 1.54) is 53.5 Å². The molecule has 1 radical (unpaired) electrons. The van der Waals surface area contributed by atoms with Crippen molar-refractivity contribution in [1.29, 1.82) is 0 Å². The van der Waals surface area contributed by atoms with Crippen molar-refractivity contribution in [2.45, 2.75) is 81.1 Å². The van der Waals surface area contributed by atoms with E-state index in [4.69, 9.17) is 4.98 Å². The number of allylic oxidation sites excluding steroid dienone is 2. The molecule has 47 heavy (non-hydrogen) atoms. The van der Waals surface area contributed by atoms with E-state index in [1.54, 1.807) is 0 Å². The molecule has 0 unspecified atom stereocenters. The molecule has 0 amide bonds. The van der Waals surface area contributed by atoms with Crippen LogP contribution in [0.3, 0.4) is 0 Å². The molecule has 1 N–H and O–H groups in total. The molecule has 0 saturated carbocycles. The quantitative estimate of drug-likeness (QED) is 0.0755. The van der Waals surface area contributed by atoms with Gasteiger partial charge in [-0.2, -0.15) is 0 Å². The molecule has 6 aromatic rings. The maximum atomic E-state index is 11.8. The van der Waals surface area contributed by atoms with Crippen molar-refractivity contribution < 1.29 is 30.0 Å². The SMILES string of the molecule is CCC(C)(C)C(=O)/C=C(\O)C(C)(C)CC.Cc1cccc2c1sc1c(-c3[c-]c4ccc5ccccc5c4c(C(C)C)c3)nccc12.[Ir]. The summed E-state index contributed by atoms with van der Waals surface area (Å²) in [5, 5.41) is 17.5. The van der Waals surface area contributed by atoms with Crippen LogP contribution in [0.25, 0.3) is 53.0 Å². The Morgan fingerprint density at radius 2 is 1.55 bits per heavy atom. The number of ketones is 1. The molecule has 0 aliphatic rings. The molecular weight excluding hydrogens is 775 g/mol. The minimum absolute atomic E-state index is 0. The van der Waals surface area contributed by atoms with Crippen LogP contribution in [0, 0.1) is 23.8 Å². The zero-order valence-corrected chi connectivity index (χ0v) is 32.3. The molecule has 0 aliphatic carbocycles. The fourth-order valence-corrected chi connectivity index (χ4v) is 6.87. The normalized spacial score (nSPS) is 12.4. The molecule has 5 heteroatoms. The predicted octanol–water partition coefficient (Wildman–Crippen LogP) is 12.5. The molecule has 0 aliphatic heterocycles. The third-order valence-electron chi connectivity index (χ3n) is 9.67. The zero-order valence-electron chi connectivity index (χ0n) is 29.0. The fraction of sp³-hybridized carbons (Fsp3) is 0.333. The Morgan fingerprint density at radius 1 is 0.894 bits per heavy atom. The minimum Gasteiger partial charge on any atom is -0.512 e. The molecule has 2 aromatic heterocycles. The second-order valence-corrected chi connectivity index (χ2v) is 15.0. The summed E-state index contributed by atoms with van der Waals surface area (Å²) in [6, 6.07) is 27.8. The summed E-state index contributed by atoms with van der Waals surface area (Å²) in [4.78, 5) is 16.7. The van der Waals surface area contributed by atoms with Crippen LogP contribution in [0.15, 0.2) is 84.8 Å². The Labute approximate surface area is 297 Å². The van der Waals surface area contributed by atoms with Gasteiger partial charge in [0.2, 0.25) is 0 Å². The molecule has 0 bridgehead atoms. The largest absolute Gasteiger partial charge is 0.512 e. The molecule has 0 saturated heterocycles. The Bertz CT molecular complexity index is 2100. The van der Waals surface area contributed by atoms with E-state index in [-0.39, 0.29) is 42.5 Å². The number of aromatic nitrogens is 1. The second kappa shape index (κ2) is 14.4. The van der Waals surface area contributed by atoms with Crippen LogP contribution in [0.4, 0.5) is 0 Å². The Kier molecular flexibility index (Phi) is 11.2. The van der Waals surface area contributed by atoms with E-state index < -0.39 is 0 Å². The van der Waals surface area contributed by atoms with Crippen molar-refractivity contribution in [3.8, 4) is 11.3 Å². The first-order valence-electron chi connectivity index (χ1n) is 16.4. The van der Waals surface area contributed by atoms with E-state index in [9.17, 15) is 9.90 Å². The first-order chi connectivity index (χ1) is 21.8. The predicted molar refractivity (Wildman–Crippen MR) is 199 cm³/mol. The van der Waals surface area contributed by atoms with Gasteiger partial charge in [0.25, 0.3) is 0 Å². The van der Waals surface area contributed by atoms with E-state index >= 15 is 0 Å². The van der Waals surface area contributed by atoms with Crippen LogP contribution in [0.1, 0.15) is 85.3 Å². The van der Waals surface area contributed by atoms with E-state index in [0.717, 1.165) is 29.5 Å². The number of aryl methyl sites for hydroxylation is 1. The summed E-state index contributed by atoms with van der Waals surface area (Å²) in [5.41, 5.74) is 4.12. The molecule has 3 nitrogen and oxygen atoms in total. The van der Waals surface area contributed by atoms with Crippen molar-refractivity contribution in [2.75, 3.05) is 0 Å². The summed E-state index contributed by atoms with van der Waals surface area (Å²) in [7, 11) is 0. The maximum Gasteiger partial charge on any atom is 0.164 e. The first kappa shape index (κ1) is 36.5. The second-order valence-electron chi connectivity index (χ2n) is 14.0. The number of nitrogens with zero attached hydrogens (tertiary/aromatic N) is 1. The first-order valence-corrected chi connectivity index (χ1v) is 17.2. The number of hydrogen-bond acceptors (Lipinski definition) is 4. The van der Waals surface area contributed by atoms with Gasteiger partial charge in [-0.25, -0.2) is 0 Å². The van der Waals surface area contributed by atoms with Crippen LogP contribution in [0.5, 0.6) is 0 Å². The van der Waals surface area contributed by atoms with Crippen LogP contribution in [-0.4, -0.2) is 15.9 Å². The summed E-state index contributed by atoms with van der Waals surface area (Å²) in [5.74, 6) is 0.603. The monoisotopic (exact) mass is 821 g/mol. The standard InChI is InChI=1S/C29H22NS.C13H24O2.Ir/c1-17(2)25-16-21(15-20-12-11-19-8-4-5-9-22(19)26(20)25)27-29-24(13-14-30-27)23-10-6-7-18(3)28(23)31-29;1-7-12(3,4)10(14)9-11(15)13(5,6)8-2;/h4-14,16-17H,1-3H3;9,14H,7-8H2,1-6H3;/q-1;;/b;10-9-;. The van der Waals surface area contributed by atoms with Crippen LogP contribution >= 0.6 is 11.3 Å². The van der Waals surface area contributed by atoms with Gasteiger partial charge in [0, 0.05) is 63.7 Å². The molecule has 0 fully saturated rings. The summed E-state index contributed by atoms with van der Waals surface area (Å²) in [6.45, 7) is 18.4. The van der Waals surface area contributed by atoms with Crippen molar-refractivity contribution in [3.05, 3.63) is 102 Å². The smallest absolute Gasteiger partial charge is 0.164 e. The molecule has 6 rings (SSSR count). The van der Waals surface area contributed by atoms with Gasteiger partial charge < -0.3 is 5.11 Å². The third-order valence-corrected chi connectivity index (χ3v) is 11.0. The van der Waals surface area contributed by atoms with Gasteiger partial charge in [-0.1, -0.05) is 115 Å². The third kappa shape index (κ3) is 7.23. The van der Waals surface area contributed by atoms with Gasteiger partial charge in [0.15, 0.2) is 5.78 Å². The Morgan fingerprint density at radius 3 is 2.23 bits per heavy atom. The van der Waals surface area contributed by atoms with Gasteiger partial charge in [-0.3, -0.25) is 9.78 Å². The summed E-state index contributed by atoms with van der Waals surface area (Å²) < 4.78 is 2.60. The molecule has 2 heterocycles. The van der Waals surface area contributed by atoms with E-state index in [0.29, 0.717) is 5.92 Å². The van der Waals surface area contributed by atoms with Crippen molar-refractivity contribution >= 4 is 58.8 Å². The minimum atomic E-state index is -0.377. The summed E-state index contributed by atoms with van der Waals surface area (Å²) in [6.07, 6.45) is 4.93. The molecular formula is C42H46IrNO2S-. The number of benzene rings is 4. The van der Waals surface area contributed by atoms with E-state index in [1.807, 2.05) is 59.1 Å². The van der Waals surface area contributed by atoms with Crippen LogP contribution in [-0.2, 0) is 24.9 Å². The van der Waals surface area contributed by atoms with Crippen molar-refractivity contribution in [1.82, 2.24) is 4.98 Å². The number of hydrogen-bond donors (Lipinski definition) is 1. The number of carbonyl (C=O) groups is 1. The fourth-order valence-electron chi connectivity index (χ4n) is 5.61.